The van der Waals surface area contributed by atoms with E-state index in [1.165, 1.54) is 24.3 Å². The van der Waals surface area contributed by atoms with Gasteiger partial charge in [-0.2, -0.15) is 0 Å². The van der Waals surface area contributed by atoms with E-state index in [4.69, 9.17) is 0 Å². The van der Waals surface area contributed by atoms with E-state index in [1.54, 1.807) is 33.7 Å². The summed E-state index contributed by atoms with van der Waals surface area (Å²) in [6.45, 7) is 21.8. The molecule has 0 fully saturated rings. The number of amides is 4. The summed E-state index contributed by atoms with van der Waals surface area (Å²) in [5, 5.41) is 0. The van der Waals surface area contributed by atoms with Crippen molar-refractivity contribution >= 4 is 23.6 Å². The number of hydrogen-bond acceptors (Lipinski definition) is 4. The van der Waals surface area contributed by atoms with Gasteiger partial charge in [0.1, 0.15) is 0 Å². The predicted octanol–water partition coefficient (Wildman–Crippen LogP) is 3.28. The van der Waals surface area contributed by atoms with E-state index >= 15 is 0 Å². The molecule has 0 aromatic carbocycles. The van der Waals surface area contributed by atoms with Crippen molar-refractivity contribution in [3.63, 3.8) is 0 Å². The molecule has 0 spiro atoms. The summed E-state index contributed by atoms with van der Waals surface area (Å²) in [4.78, 5) is 51.9. The second-order valence-electron chi connectivity index (χ2n) is 7.94. The Labute approximate surface area is 212 Å². The van der Waals surface area contributed by atoms with Crippen LogP contribution in [0, 0.1) is 0 Å². The molecule has 4 amide bonds. The van der Waals surface area contributed by atoms with E-state index in [0.717, 1.165) is 45.2 Å². The summed E-state index contributed by atoms with van der Waals surface area (Å²) in [5.74, 6) is -0.200. The normalized spacial score (nSPS) is 9.60. The third-order valence-electron chi connectivity index (χ3n) is 5.43. The fourth-order valence-corrected chi connectivity index (χ4v) is 3.14. The summed E-state index contributed by atoms with van der Waals surface area (Å²) in [6.07, 6.45) is 10.1. The Morgan fingerprint density at radius 3 is 1.09 bits per heavy atom. The molecular formula is C27H46N4O4. The van der Waals surface area contributed by atoms with Crippen LogP contribution in [0.25, 0.3) is 0 Å². The SMILES string of the molecule is C=CC(=O)N(C)CCCCCCN(C)C(=O)C=C.C=CC(=O)N(CC)CCCN(CC)C(=O)C=C. The van der Waals surface area contributed by atoms with Crippen molar-refractivity contribution in [2.24, 2.45) is 0 Å². The maximum absolute atomic E-state index is 11.4. The molecule has 0 aliphatic rings. The highest BCUT2D eigenvalue weighted by Gasteiger charge is 2.10. The lowest BCUT2D eigenvalue weighted by Gasteiger charge is -2.23. The molecule has 8 heteroatoms. The lowest BCUT2D eigenvalue weighted by molar-refractivity contribution is -0.127. The Morgan fingerprint density at radius 2 is 0.829 bits per heavy atom. The lowest BCUT2D eigenvalue weighted by atomic mass is 10.2. The van der Waals surface area contributed by atoms with Gasteiger partial charge in [-0.25, -0.2) is 0 Å². The Hall–Kier alpha value is -3.16. The van der Waals surface area contributed by atoms with Crippen molar-refractivity contribution < 1.29 is 19.2 Å². The number of carbonyl (C=O) groups is 4. The number of likely N-dealkylation sites (N-methyl/N-ethyl adjacent to an activating group) is 4. The van der Waals surface area contributed by atoms with Crippen molar-refractivity contribution in [2.45, 2.75) is 46.0 Å². The molecule has 0 aromatic rings. The van der Waals surface area contributed by atoms with Gasteiger partial charge in [0.2, 0.25) is 23.6 Å². The average Bonchev–Trinajstić information content (AvgIpc) is 2.88. The number of hydrogen-bond donors (Lipinski definition) is 0. The smallest absolute Gasteiger partial charge is 0.245 e. The quantitative estimate of drug-likeness (QED) is 0.231. The fraction of sp³-hybridized carbons (Fsp3) is 0.556. The van der Waals surface area contributed by atoms with Crippen LogP contribution in [0.2, 0.25) is 0 Å². The van der Waals surface area contributed by atoms with Crippen LogP contribution in [0.5, 0.6) is 0 Å². The molecule has 0 saturated carbocycles. The second-order valence-corrected chi connectivity index (χ2v) is 7.94. The molecule has 0 atom stereocenters. The van der Waals surface area contributed by atoms with Gasteiger partial charge in [-0.05, 0) is 57.4 Å². The van der Waals surface area contributed by atoms with Crippen LogP contribution in [0.15, 0.2) is 50.6 Å². The van der Waals surface area contributed by atoms with E-state index in [-0.39, 0.29) is 23.6 Å². The second kappa shape index (κ2) is 21.4. The van der Waals surface area contributed by atoms with Crippen LogP contribution >= 0.6 is 0 Å². The summed E-state index contributed by atoms with van der Waals surface area (Å²) < 4.78 is 0. The monoisotopic (exact) mass is 490 g/mol. The predicted molar refractivity (Wildman–Crippen MR) is 144 cm³/mol. The van der Waals surface area contributed by atoms with Crippen LogP contribution in [-0.4, -0.2) is 96.6 Å². The molecule has 35 heavy (non-hydrogen) atoms. The molecule has 0 aromatic heterocycles. The van der Waals surface area contributed by atoms with Crippen LogP contribution in [0.1, 0.15) is 46.0 Å². The molecule has 0 heterocycles. The zero-order valence-electron chi connectivity index (χ0n) is 22.3. The minimum atomic E-state index is -0.0643. The van der Waals surface area contributed by atoms with Gasteiger partial charge >= 0.3 is 0 Å². The lowest BCUT2D eigenvalue weighted by Crippen LogP contribution is -2.35. The van der Waals surface area contributed by atoms with Gasteiger partial charge in [-0.15, -0.1) is 0 Å². The van der Waals surface area contributed by atoms with E-state index in [1.807, 2.05) is 13.8 Å². The first-order valence-corrected chi connectivity index (χ1v) is 12.2. The van der Waals surface area contributed by atoms with Gasteiger partial charge in [0.05, 0.1) is 0 Å². The summed E-state index contributed by atoms with van der Waals surface area (Å²) in [7, 11) is 3.56. The van der Waals surface area contributed by atoms with Crippen LogP contribution in [0.4, 0.5) is 0 Å². The Kier molecular flexibility index (Phi) is 20.8. The first-order chi connectivity index (χ1) is 16.6. The first kappa shape index (κ1) is 34.0. The van der Waals surface area contributed by atoms with E-state index in [0.29, 0.717) is 26.2 Å². The summed E-state index contributed by atoms with van der Waals surface area (Å²) in [5.41, 5.74) is 0. The van der Waals surface area contributed by atoms with Gasteiger partial charge in [0, 0.05) is 53.4 Å². The molecule has 0 aliphatic heterocycles. The van der Waals surface area contributed by atoms with Crippen molar-refractivity contribution in [2.75, 3.05) is 53.4 Å². The minimum Gasteiger partial charge on any atom is -0.342 e. The molecule has 8 nitrogen and oxygen atoms in total. The molecule has 0 saturated heterocycles. The third kappa shape index (κ3) is 16.2. The molecule has 198 valence electrons. The number of unbranched alkanes of at least 4 members (excludes halogenated alkanes) is 3. The largest absolute Gasteiger partial charge is 0.342 e. The molecule has 0 radical (unpaired) electrons. The molecule has 0 rings (SSSR count). The van der Waals surface area contributed by atoms with Crippen molar-refractivity contribution in [3.05, 3.63) is 50.6 Å². The van der Waals surface area contributed by atoms with Crippen LogP contribution in [0.3, 0.4) is 0 Å². The van der Waals surface area contributed by atoms with Crippen molar-refractivity contribution in [1.29, 1.82) is 0 Å². The number of nitrogens with zero attached hydrogens (tertiary/aromatic N) is 4. The Bertz CT molecular complexity index is 647. The van der Waals surface area contributed by atoms with E-state index in [2.05, 4.69) is 26.3 Å². The van der Waals surface area contributed by atoms with E-state index in [9.17, 15) is 19.2 Å². The zero-order chi connectivity index (χ0) is 27.2. The highest BCUT2D eigenvalue weighted by molar-refractivity contribution is 5.88. The van der Waals surface area contributed by atoms with Crippen LogP contribution < -0.4 is 0 Å². The van der Waals surface area contributed by atoms with Gasteiger partial charge in [-0.1, -0.05) is 39.2 Å². The van der Waals surface area contributed by atoms with Gasteiger partial charge in [0.25, 0.3) is 0 Å². The average molecular weight is 491 g/mol. The maximum Gasteiger partial charge on any atom is 0.245 e. The molecule has 0 N–H and O–H groups in total. The molecule has 0 bridgehead atoms. The standard InChI is InChI=1S/C14H24N2O2.C13H22N2O2/c1-5-13(17)15(3)11-9-7-8-10-12-16(4)14(18)6-2;1-5-12(16)14(7-3)10-9-11-15(8-4)13(17)6-2/h5-6H,1-2,7-12H2,3-4H3;5-6H,1-2,7-11H2,3-4H3. The highest BCUT2D eigenvalue weighted by atomic mass is 16.2. The van der Waals surface area contributed by atoms with Gasteiger partial charge in [0.15, 0.2) is 0 Å². The maximum atomic E-state index is 11.4. The Balaban J connectivity index is 0. The fourth-order valence-electron chi connectivity index (χ4n) is 3.14. The van der Waals surface area contributed by atoms with Crippen molar-refractivity contribution in [1.82, 2.24) is 19.6 Å². The number of carbonyl (C=O) groups excluding carboxylic acids is 4. The van der Waals surface area contributed by atoms with Gasteiger partial charge in [-0.3, -0.25) is 19.2 Å². The van der Waals surface area contributed by atoms with Crippen molar-refractivity contribution in [3.8, 4) is 0 Å². The molecule has 0 aliphatic carbocycles. The third-order valence-corrected chi connectivity index (χ3v) is 5.43. The van der Waals surface area contributed by atoms with Crippen LogP contribution in [-0.2, 0) is 19.2 Å². The summed E-state index contributed by atoms with van der Waals surface area (Å²) in [6, 6.07) is 0. The molecule has 0 unspecified atom stereocenters. The van der Waals surface area contributed by atoms with E-state index < -0.39 is 0 Å². The Morgan fingerprint density at radius 1 is 0.514 bits per heavy atom. The zero-order valence-corrected chi connectivity index (χ0v) is 22.3. The van der Waals surface area contributed by atoms with Gasteiger partial charge < -0.3 is 19.6 Å². The highest BCUT2D eigenvalue weighted by Crippen LogP contribution is 2.03. The summed E-state index contributed by atoms with van der Waals surface area (Å²) >= 11 is 0. The first-order valence-electron chi connectivity index (χ1n) is 12.2. The molecular weight excluding hydrogens is 444 g/mol. The minimum absolute atomic E-state index is 0.0358. The number of rotatable bonds is 17. The topological polar surface area (TPSA) is 81.2 Å².